The number of halogens is 2. The van der Waals surface area contributed by atoms with Crippen LogP contribution in [0.3, 0.4) is 0 Å². The van der Waals surface area contributed by atoms with Crippen molar-refractivity contribution >= 4 is 35.3 Å². The number of rotatable bonds is 8. The summed E-state index contributed by atoms with van der Waals surface area (Å²) in [5, 5.41) is 4.86. The number of hydrogen-bond acceptors (Lipinski definition) is 3. The van der Waals surface area contributed by atoms with Gasteiger partial charge in [0.1, 0.15) is 5.75 Å². The first-order valence-corrected chi connectivity index (χ1v) is 8.82. The molecule has 0 atom stereocenters. The van der Waals surface area contributed by atoms with Gasteiger partial charge in [-0.2, -0.15) is 5.10 Å². The summed E-state index contributed by atoms with van der Waals surface area (Å²) in [7, 11) is 0. The fourth-order valence-electron chi connectivity index (χ4n) is 2.09. The minimum atomic E-state index is -0.351. The lowest BCUT2D eigenvalue weighted by Crippen LogP contribution is -2.24. The molecule has 0 aliphatic heterocycles. The molecule has 0 saturated carbocycles. The van der Waals surface area contributed by atoms with Crippen LogP contribution in [0.2, 0.25) is 10.0 Å². The van der Waals surface area contributed by atoms with Gasteiger partial charge in [-0.3, -0.25) is 4.79 Å². The number of amides is 1. The molecule has 6 heteroatoms. The topological polar surface area (TPSA) is 50.7 Å². The second kappa shape index (κ2) is 10.1. The summed E-state index contributed by atoms with van der Waals surface area (Å²) in [5.74, 6) is 0.302. The lowest BCUT2D eigenvalue weighted by Gasteiger charge is -2.06. The van der Waals surface area contributed by atoms with Crippen LogP contribution in [0.15, 0.2) is 47.6 Å². The van der Waals surface area contributed by atoms with Gasteiger partial charge in [0, 0.05) is 10.6 Å². The molecule has 1 N–H and O–H groups in total. The molecule has 0 fully saturated rings. The monoisotopic (exact) mass is 378 g/mol. The molecule has 2 aromatic carbocycles. The van der Waals surface area contributed by atoms with E-state index in [4.69, 9.17) is 27.9 Å². The second-order valence-electron chi connectivity index (χ2n) is 5.50. The van der Waals surface area contributed by atoms with Gasteiger partial charge in [-0.1, -0.05) is 54.7 Å². The van der Waals surface area contributed by atoms with Crippen LogP contribution in [-0.4, -0.2) is 18.7 Å². The molecule has 4 nitrogen and oxygen atoms in total. The molecule has 2 rings (SSSR count). The average molecular weight is 379 g/mol. The molecule has 0 spiro atoms. The number of unbranched alkanes of at least 4 members (excludes halogenated alkanes) is 1. The van der Waals surface area contributed by atoms with Crippen molar-refractivity contribution in [3.63, 3.8) is 0 Å². The van der Waals surface area contributed by atoms with Gasteiger partial charge in [0.15, 0.2) is 6.61 Å². The highest BCUT2D eigenvalue weighted by Crippen LogP contribution is 2.19. The summed E-state index contributed by atoms with van der Waals surface area (Å²) in [5.41, 5.74) is 4.33. The van der Waals surface area contributed by atoms with Gasteiger partial charge in [0.05, 0.1) is 11.2 Å². The van der Waals surface area contributed by atoms with E-state index in [-0.39, 0.29) is 12.5 Å². The third-order valence-corrected chi connectivity index (χ3v) is 4.03. The van der Waals surface area contributed by atoms with Crippen LogP contribution in [0.25, 0.3) is 0 Å². The van der Waals surface area contributed by atoms with E-state index < -0.39 is 0 Å². The Morgan fingerprint density at radius 1 is 1.20 bits per heavy atom. The van der Waals surface area contributed by atoms with Crippen LogP contribution in [0.1, 0.15) is 30.9 Å². The van der Waals surface area contributed by atoms with Crippen LogP contribution in [0.4, 0.5) is 0 Å². The Kier molecular flexibility index (Phi) is 7.76. The van der Waals surface area contributed by atoms with E-state index in [1.165, 1.54) is 18.2 Å². The summed E-state index contributed by atoms with van der Waals surface area (Å²) in [6.07, 6.45) is 4.84. The molecule has 0 heterocycles. The second-order valence-corrected chi connectivity index (χ2v) is 6.34. The molecule has 132 valence electrons. The summed E-state index contributed by atoms with van der Waals surface area (Å²) < 4.78 is 5.44. The first kappa shape index (κ1) is 19.3. The summed E-state index contributed by atoms with van der Waals surface area (Å²) in [4.78, 5) is 11.7. The van der Waals surface area contributed by atoms with E-state index in [1.807, 2.05) is 24.3 Å². The molecule has 25 heavy (non-hydrogen) atoms. The van der Waals surface area contributed by atoms with E-state index in [9.17, 15) is 4.79 Å². The van der Waals surface area contributed by atoms with Gasteiger partial charge < -0.3 is 4.74 Å². The first-order chi connectivity index (χ1) is 12.1. The van der Waals surface area contributed by atoms with Crippen LogP contribution in [-0.2, 0) is 11.2 Å². The van der Waals surface area contributed by atoms with Crippen molar-refractivity contribution in [3.05, 3.63) is 63.6 Å². The highest BCUT2D eigenvalue weighted by molar-refractivity contribution is 6.36. The molecule has 0 aliphatic carbocycles. The third kappa shape index (κ3) is 6.77. The van der Waals surface area contributed by atoms with Crippen LogP contribution in [0, 0.1) is 0 Å². The summed E-state index contributed by atoms with van der Waals surface area (Å²) in [6.45, 7) is 2.06. The maximum absolute atomic E-state index is 11.7. The molecule has 0 bridgehead atoms. The summed E-state index contributed by atoms with van der Waals surface area (Å²) in [6, 6.07) is 12.8. The van der Waals surface area contributed by atoms with Crippen molar-refractivity contribution in [1.82, 2.24) is 5.43 Å². The molecular weight excluding hydrogens is 359 g/mol. The van der Waals surface area contributed by atoms with E-state index in [1.54, 1.807) is 18.2 Å². The number of hydrogen-bond donors (Lipinski definition) is 1. The van der Waals surface area contributed by atoms with Gasteiger partial charge in [-0.15, -0.1) is 0 Å². The smallest absolute Gasteiger partial charge is 0.277 e. The van der Waals surface area contributed by atoms with Crippen molar-refractivity contribution in [2.75, 3.05) is 6.61 Å². The highest BCUT2D eigenvalue weighted by atomic mass is 35.5. The fraction of sp³-hybridized carbons (Fsp3) is 0.263. The largest absolute Gasteiger partial charge is 0.484 e. The molecule has 2 aromatic rings. The lowest BCUT2D eigenvalue weighted by atomic mass is 10.1. The predicted octanol–water partition coefficient (Wildman–Crippen LogP) is 4.87. The maximum Gasteiger partial charge on any atom is 0.277 e. The molecule has 0 aromatic heterocycles. The van der Waals surface area contributed by atoms with Crippen molar-refractivity contribution in [3.8, 4) is 5.75 Å². The standard InChI is InChI=1S/C19H20Cl2N2O2/c1-2-3-4-14-5-9-17(10-6-14)25-13-19(24)23-22-12-15-7-8-16(20)11-18(15)21/h5-12H,2-4,13H2,1H3,(H,23,24)/b22-12+. The van der Waals surface area contributed by atoms with Crippen LogP contribution >= 0.6 is 23.2 Å². The van der Waals surface area contributed by atoms with Crippen molar-refractivity contribution < 1.29 is 9.53 Å². The zero-order chi connectivity index (χ0) is 18.1. The van der Waals surface area contributed by atoms with Gasteiger partial charge >= 0.3 is 0 Å². The Balaban J connectivity index is 1.77. The van der Waals surface area contributed by atoms with Gasteiger partial charge in [-0.05, 0) is 42.7 Å². The molecular formula is C19H20Cl2N2O2. The Bertz CT molecular complexity index is 731. The number of carbonyl (C=O) groups is 1. The SMILES string of the molecule is CCCCc1ccc(OCC(=O)N/N=C/c2ccc(Cl)cc2Cl)cc1. The number of aryl methyl sites for hydroxylation is 1. The van der Waals surface area contributed by atoms with Crippen LogP contribution in [0.5, 0.6) is 5.75 Å². The van der Waals surface area contributed by atoms with E-state index in [0.29, 0.717) is 21.4 Å². The van der Waals surface area contributed by atoms with E-state index >= 15 is 0 Å². The van der Waals surface area contributed by atoms with Crippen molar-refractivity contribution in [2.45, 2.75) is 26.2 Å². The predicted molar refractivity (Wildman–Crippen MR) is 103 cm³/mol. The Hall–Kier alpha value is -2.04. The lowest BCUT2D eigenvalue weighted by molar-refractivity contribution is -0.123. The molecule has 0 aliphatic rings. The number of hydrazone groups is 1. The highest BCUT2D eigenvalue weighted by Gasteiger charge is 2.03. The molecule has 0 radical (unpaired) electrons. The first-order valence-electron chi connectivity index (χ1n) is 8.07. The number of nitrogens with zero attached hydrogens (tertiary/aromatic N) is 1. The van der Waals surface area contributed by atoms with E-state index in [0.717, 1.165) is 12.8 Å². The average Bonchev–Trinajstić information content (AvgIpc) is 2.61. The minimum Gasteiger partial charge on any atom is -0.484 e. The molecule has 0 unspecified atom stereocenters. The fourth-order valence-corrected chi connectivity index (χ4v) is 2.55. The third-order valence-electron chi connectivity index (χ3n) is 3.47. The van der Waals surface area contributed by atoms with Crippen LogP contribution < -0.4 is 10.2 Å². The zero-order valence-corrected chi connectivity index (χ0v) is 15.5. The Morgan fingerprint density at radius 3 is 2.64 bits per heavy atom. The van der Waals surface area contributed by atoms with Gasteiger partial charge in [0.25, 0.3) is 5.91 Å². The Labute approximate surface area is 157 Å². The quantitative estimate of drug-likeness (QED) is 0.526. The number of ether oxygens (including phenoxy) is 1. The zero-order valence-electron chi connectivity index (χ0n) is 14.0. The van der Waals surface area contributed by atoms with Gasteiger partial charge in [0.2, 0.25) is 0 Å². The van der Waals surface area contributed by atoms with Crippen molar-refractivity contribution in [1.29, 1.82) is 0 Å². The molecule has 0 saturated heterocycles. The normalized spacial score (nSPS) is 10.8. The Morgan fingerprint density at radius 2 is 1.96 bits per heavy atom. The number of nitrogens with one attached hydrogen (secondary N) is 1. The van der Waals surface area contributed by atoms with Crippen molar-refractivity contribution in [2.24, 2.45) is 5.10 Å². The minimum absolute atomic E-state index is 0.111. The van der Waals surface area contributed by atoms with Gasteiger partial charge in [-0.25, -0.2) is 5.43 Å². The molecule has 1 amide bonds. The summed E-state index contributed by atoms with van der Waals surface area (Å²) >= 11 is 11.8. The number of benzene rings is 2. The van der Waals surface area contributed by atoms with E-state index in [2.05, 4.69) is 17.5 Å². The maximum atomic E-state index is 11.7. The number of carbonyl (C=O) groups excluding carboxylic acids is 1.